The second-order valence-corrected chi connectivity index (χ2v) is 8.43. The van der Waals surface area contributed by atoms with Crippen LogP contribution in [-0.4, -0.2) is 48.3 Å². The van der Waals surface area contributed by atoms with Crippen molar-refractivity contribution in [3.63, 3.8) is 0 Å². The highest BCUT2D eigenvalue weighted by Gasteiger charge is 2.45. The van der Waals surface area contributed by atoms with Crippen molar-refractivity contribution in [1.29, 1.82) is 0 Å². The third-order valence-corrected chi connectivity index (χ3v) is 5.69. The van der Waals surface area contributed by atoms with Crippen LogP contribution in [0, 0.1) is 17.3 Å². The Morgan fingerprint density at radius 1 is 1.05 bits per heavy atom. The highest BCUT2D eigenvalue weighted by Crippen LogP contribution is 2.41. The molecule has 0 amide bonds. The van der Waals surface area contributed by atoms with Gasteiger partial charge in [0.05, 0.1) is 12.1 Å². The van der Waals surface area contributed by atoms with Crippen molar-refractivity contribution in [3.8, 4) is 0 Å². The van der Waals surface area contributed by atoms with Crippen molar-refractivity contribution < 1.29 is 5.11 Å². The SMILES string of the molecule is CCCNC(CO)(CN1CCC(C(C)(C)C)CC1)C1CC1. The first-order valence-electron chi connectivity index (χ1n) is 8.99. The molecule has 3 nitrogen and oxygen atoms in total. The summed E-state index contributed by atoms with van der Waals surface area (Å²) < 4.78 is 0. The highest BCUT2D eigenvalue weighted by atomic mass is 16.3. The Kier molecular flexibility index (Phi) is 5.72. The molecule has 124 valence electrons. The van der Waals surface area contributed by atoms with E-state index in [-0.39, 0.29) is 12.1 Å². The summed E-state index contributed by atoms with van der Waals surface area (Å²) in [5.41, 5.74) is 0.404. The van der Waals surface area contributed by atoms with Crippen molar-refractivity contribution in [2.75, 3.05) is 32.8 Å². The van der Waals surface area contributed by atoms with Gasteiger partial charge in [-0.3, -0.25) is 0 Å². The summed E-state index contributed by atoms with van der Waals surface area (Å²) in [4.78, 5) is 2.60. The van der Waals surface area contributed by atoms with E-state index in [1.807, 2.05) is 0 Å². The van der Waals surface area contributed by atoms with Gasteiger partial charge in [0.2, 0.25) is 0 Å². The van der Waals surface area contributed by atoms with Crippen LogP contribution in [0.5, 0.6) is 0 Å². The van der Waals surface area contributed by atoms with E-state index >= 15 is 0 Å². The van der Waals surface area contributed by atoms with E-state index in [1.54, 1.807) is 0 Å². The van der Waals surface area contributed by atoms with Crippen molar-refractivity contribution in [2.45, 2.75) is 65.3 Å². The number of hydrogen-bond acceptors (Lipinski definition) is 3. The molecule has 0 radical (unpaired) electrons. The molecule has 2 aliphatic rings. The maximum Gasteiger partial charge on any atom is 0.0628 e. The summed E-state index contributed by atoms with van der Waals surface area (Å²) in [6.07, 6.45) is 6.33. The number of aliphatic hydroxyl groups excluding tert-OH is 1. The van der Waals surface area contributed by atoms with Gasteiger partial charge in [-0.25, -0.2) is 0 Å². The lowest BCUT2D eigenvalue weighted by molar-refractivity contribution is 0.0545. The topological polar surface area (TPSA) is 35.5 Å². The van der Waals surface area contributed by atoms with Crippen LogP contribution in [-0.2, 0) is 0 Å². The van der Waals surface area contributed by atoms with E-state index in [1.165, 1.54) is 38.8 Å². The van der Waals surface area contributed by atoms with Gasteiger partial charge in [0.25, 0.3) is 0 Å². The quantitative estimate of drug-likeness (QED) is 0.758. The molecule has 1 unspecified atom stereocenters. The van der Waals surface area contributed by atoms with Gasteiger partial charge in [-0.1, -0.05) is 27.7 Å². The molecule has 0 aromatic carbocycles. The number of piperidine rings is 1. The zero-order chi connectivity index (χ0) is 15.5. The third kappa shape index (κ3) is 4.43. The normalized spacial score (nSPS) is 25.0. The lowest BCUT2D eigenvalue weighted by Gasteiger charge is -2.43. The summed E-state index contributed by atoms with van der Waals surface area (Å²) in [7, 11) is 0. The fourth-order valence-corrected chi connectivity index (χ4v) is 3.93. The maximum absolute atomic E-state index is 10.0. The predicted octanol–water partition coefficient (Wildman–Crippen LogP) is 2.89. The van der Waals surface area contributed by atoms with Gasteiger partial charge in [-0.15, -0.1) is 0 Å². The average molecular weight is 296 g/mol. The molecule has 1 aliphatic carbocycles. The van der Waals surface area contributed by atoms with Crippen LogP contribution in [0.4, 0.5) is 0 Å². The molecule has 2 N–H and O–H groups in total. The minimum Gasteiger partial charge on any atom is -0.394 e. The van der Waals surface area contributed by atoms with Gasteiger partial charge >= 0.3 is 0 Å². The van der Waals surface area contributed by atoms with E-state index < -0.39 is 0 Å². The van der Waals surface area contributed by atoms with Gasteiger partial charge in [0, 0.05) is 6.54 Å². The smallest absolute Gasteiger partial charge is 0.0628 e. The number of nitrogens with one attached hydrogen (secondary N) is 1. The second kappa shape index (κ2) is 6.97. The van der Waals surface area contributed by atoms with E-state index in [9.17, 15) is 5.11 Å². The van der Waals surface area contributed by atoms with Gasteiger partial charge in [0.15, 0.2) is 0 Å². The van der Waals surface area contributed by atoms with Crippen LogP contribution in [0.3, 0.4) is 0 Å². The van der Waals surface area contributed by atoms with Gasteiger partial charge < -0.3 is 15.3 Å². The summed E-state index contributed by atoms with van der Waals surface area (Å²) >= 11 is 0. The number of likely N-dealkylation sites (tertiary alicyclic amines) is 1. The molecule has 1 saturated heterocycles. The minimum atomic E-state index is -0.0371. The molecule has 2 fully saturated rings. The molecule has 21 heavy (non-hydrogen) atoms. The molecule has 1 aliphatic heterocycles. The molecular weight excluding hydrogens is 260 g/mol. The zero-order valence-electron chi connectivity index (χ0n) is 14.6. The Hall–Kier alpha value is -0.120. The fraction of sp³-hybridized carbons (Fsp3) is 1.00. The van der Waals surface area contributed by atoms with Crippen LogP contribution in [0.15, 0.2) is 0 Å². The van der Waals surface area contributed by atoms with Crippen molar-refractivity contribution in [3.05, 3.63) is 0 Å². The van der Waals surface area contributed by atoms with E-state index in [2.05, 4.69) is 37.9 Å². The molecule has 0 aromatic rings. The molecule has 0 bridgehead atoms. The highest BCUT2D eigenvalue weighted by molar-refractivity contribution is 5.03. The molecule has 1 heterocycles. The largest absolute Gasteiger partial charge is 0.394 e. The molecule has 0 spiro atoms. The molecule has 0 aromatic heterocycles. The lowest BCUT2D eigenvalue weighted by Crippen LogP contribution is -2.59. The second-order valence-electron chi connectivity index (χ2n) is 8.43. The first kappa shape index (κ1) is 17.2. The Morgan fingerprint density at radius 2 is 1.67 bits per heavy atom. The lowest BCUT2D eigenvalue weighted by atomic mass is 9.75. The Labute approximate surface area is 131 Å². The van der Waals surface area contributed by atoms with E-state index in [0.717, 1.165) is 25.4 Å². The minimum absolute atomic E-state index is 0.0371. The van der Waals surface area contributed by atoms with Crippen LogP contribution < -0.4 is 5.32 Å². The van der Waals surface area contributed by atoms with Crippen molar-refractivity contribution in [1.82, 2.24) is 10.2 Å². The molecule has 1 atom stereocenters. The average Bonchev–Trinajstić information content (AvgIpc) is 3.28. The number of aliphatic hydroxyl groups is 1. The Morgan fingerprint density at radius 3 is 2.10 bits per heavy atom. The first-order valence-corrected chi connectivity index (χ1v) is 8.99. The molecular formula is C18H36N2O. The monoisotopic (exact) mass is 296 g/mol. The fourth-order valence-electron chi connectivity index (χ4n) is 3.93. The van der Waals surface area contributed by atoms with E-state index in [0.29, 0.717) is 11.3 Å². The van der Waals surface area contributed by atoms with Crippen LogP contribution in [0.25, 0.3) is 0 Å². The van der Waals surface area contributed by atoms with Crippen molar-refractivity contribution in [2.24, 2.45) is 17.3 Å². The third-order valence-electron chi connectivity index (χ3n) is 5.69. The number of rotatable bonds is 7. The molecule has 1 saturated carbocycles. The molecule has 3 heteroatoms. The van der Waals surface area contributed by atoms with Crippen LogP contribution >= 0.6 is 0 Å². The Bertz CT molecular complexity index is 314. The zero-order valence-corrected chi connectivity index (χ0v) is 14.6. The van der Waals surface area contributed by atoms with Crippen LogP contribution in [0.1, 0.15) is 59.8 Å². The first-order chi connectivity index (χ1) is 9.91. The summed E-state index contributed by atoms with van der Waals surface area (Å²) in [6, 6.07) is 0. The summed E-state index contributed by atoms with van der Waals surface area (Å²) in [5, 5.41) is 13.7. The van der Waals surface area contributed by atoms with Crippen molar-refractivity contribution >= 4 is 0 Å². The standard InChI is InChI=1S/C18H36N2O/c1-5-10-19-18(14-21,16-6-7-16)13-20-11-8-15(9-12-20)17(2,3)4/h15-16,19,21H,5-14H2,1-4H3. The maximum atomic E-state index is 10.0. The van der Waals surface area contributed by atoms with E-state index in [4.69, 9.17) is 0 Å². The summed E-state index contributed by atoms with van der Waals surface area (Å²) in [5.74, 6) is 1.54. The number of hydrogen-bond donors (Lipinski definition) is 2. The summed E-state index contributed by atoms with van der Waals surface area (Å²) in [6.45, 7) is 14.1. The van der Waals surface area contributed by atoms with Gasteiger partial charge in [-0.05, 0) is 69.0 Å². The van der Waals surface area contributed by atoms with Gasteiger partial charge in [0.1, 0.15) is 0 Å². The Balaban J connectivity index is 1.90. The molecule has 2 rings (SSSR count). The van der Waals surface area contributed by atoms with Gasteiger partial charge in [-0.2, -0.15) is 0 Å². The predicted molar refractivity (Wildman–Crippen MR) is 89.5 cm³/mol. The number of nitrogens with zero attached hydrogens (tertiary/aromatic N) is 1. The van der Waals surface area contributed by atoms with Crippen LogP contribution in [0.2, 0.25) is 0 Å².